The number of rotatable bonds is 6. The van der Waals surface area contributed by atoms with E-state index in [0.29, 0.717) is 31.2 Å². The topological polar surface area (TPSA) is 82.5 Å². The molecular weight excluding hydrogens is 382 g/mol. The fraction of sp³-hybridized carbons (Fsp3) is 0.261. The number of anilines is 1. The van der Waals surface area contributed by atoms with Gasteiger partial charge in [0.1, 0.15) is 12.4 Å². The molecule has 1 amide bonds. The lowest BCUT2D eigenvalue weighted by Gasteiger charge is -2.11. The number of fused-ring (bicyclic) bond motifs is 2. The minimum absolute atomic E-state index is 0.132. The van der Waals surface area contributed by atoms with Crippen LogP contribution in [0.15, 0.2) is 54.7 Å². The number of imidazole rings is 1. The van der Waals surface area contributed by atoms with Crippen LogP contribution in [0.5, 0.6) is 5.75 Å². The van der Waals surface area contributed by atoms with Crippen molar-refractivity contribution in [2.75, 3.05) is 11.9 Å². The Kier molecular flexibility index (Phi) is 5.52. The Morgan fingerprint density at radius 1 is 1.20 bits per heavy atom. The van der Waals surface area contributed by atoms with E-state index in [4.69, 9.17) is 9.47 Å². The van der Waals surface area contributed by atoms with E-state index >= 15 is 0 Å². The summed E-state index contributed by atoms with van der Waals surface area (Å²) in [6.07, 6.45) is 1.56. The highest BCUT2D eigenvalue weighted by Crippen LogP contribution is 2.27. The van der Waals surface area contributed by atoms with Crippen LogP contribution in [0.25, 0.3) is 0 Å². The van der Waals surface area contributed by atoms with Crippen LogP contribution in [0.4, 0.5) is 5.69 Å². The number of aromatic nitrogens is 2. The number of ether oxygens (including phenoxy) is 2. The first-order chi connectivity index (χ1) is 14.5. The molecule has 2 aromatic carbocycles. The molecular formula is C23H23N3O4. The van der Waals surface area contributed by atoms with E-state index in [1.807, 2.05) is 56.3 Å². The number of esters is 1. The van der Waals surface area contributed by atoms with Gasteiger partial charge in [-0.3, -0.25) is 4.79 Å². The molecule has 4 rings (SSSR count). The van der Waals surface area contributed by atoms with Gasteiger partial charge >= 0.3 is 5.97 Å². The zero-order valence-electron chi connectivity index (χ0n) is 16.9. The molecule has 1 aliphatic heterocycles. The highest BCUT2D eigenvalue weighted by atomic mass is 16.5. The summed E-state index contributed by atoms with van der Waals surface area (Å²) in [5.41, 5.74) is 2.76. The zero-order chi connectivity index (χ0) is 21.1. The molecule has 0 saturated heterocycles. The Morgan fingerprint density at radius 2 is 2.00 bits per heavy atom. The number of nitrogens with zero attached hydrogens (tertiary/aromatic N) is 2. The van der Waals surface area contributed by atoms with Crippen molar-refractivity contribution in [3.05, 3.63) is 77.4 Å². The van der Waals surface area contributed by atoms with Crippen LogP contribution in [-0.2, 0) is 17.9 Å². The van der Waals surface area contributed by atoms with E-state index in [1.54, 1.807) is 16.8 Å². The fourth-order valence-corrected chi connectivity index (χ4v) is 3.13. The fourth-order valence-electron chi connectivity index (χ4n) is 3.13. The van der Waals surface area contributed by atoms with Gasteiger partial charge in [-0.05, 0) is 23.1 Å². The summed E-state index contributed by atoms with van der Waals surface area (Å²) in [6, 6.07) is 15.5. The maximum absolute atomic E-state index is 12.7. The predicted molar refractivity (Wildman–Crippen MR) is 112 cm³/mol. The molecule has 1 aromatic heterocycles. The van der Waals surface area contributed by atoms with Gasteiger partial charge in [-0.1, -0.05) is 50.2 Å². The number of amides is 1. The van der Waals surface area contributed by atoms with Crippen LogP contribution in [0.3, 0.4) is 0 Å². The molecule has 0 fully saturated rings. The molecule has 0 atom stereocenters. The molecule has 3 aromatic rings. The van der Waals surface area contributed by atoms with Gasteiger partial charge in [0.05, 0.1) is 13.2 Å². The summed E-state index contributed by atoms with van der Waals surface area (Å²) in [7, 11) is 0. The van der Waals surface area contributed by atoms with Gasteiger partial charge in [-0.2, -0.15) is 0 Å². The van der Waals surface area contributed by atoms with Gasteiger partial charge in [-0.15, -0.1) is 0 Å². The van der Waals surface area contributed by atoms with Gasteiger partial charge in [0.15, 0.2) is 11.5 Å². The van der Waals surface area contributed by atoms with Crippen LogP contribution in [0.2, 0.25) is 0 Å². The van der Waals surface area contributed by atoms with Gasteiger partial charge < -0.3 is 19.4 Å². The molecule has 7 heteroatoms. The van der Waals surface area contributed by atoms with E-state index in [-0.39, 0.29) is 23.3 Å². The third-order valence-electron chi connectivity index (χ3n) is 4.66. The van der Waals surface area contributed by atoms with Crippen molar-refractivity contribution in [1.82, 2.24) is 9.55 Å². The molecule has 0 unspecified atom stereocenters. The van der Waals surface area contributed by atoms with Gasteiger partial charge in [-0.25, -0.2) is 9.78 Å². The smallest absolute Gasteiger partial charge is 0.358 e. The number of carbonyl (C=O) groups is 2. The van der Waals surface area contributed by atoms with Gasteiger partial charge in [0.25, 0.3) is 5.91 Å². The Morgan fingerprint density at radius 3 is 2.77 bits per heavy atom. The molecule has 154 valence electrons. The summed E-state index contributed by atoms with van der Waals surface area (Å²) in [5.74, 6) is 0.159. The lowest BCUT2D eigenvalue weighted by Crippen LogP contribution is -2.15. The molecule has 1 N–H and O–H groups in total. The van der Waals surface area contributed by atoms with Crippen LogP contribution in [0.1, 0.15) is 46.1 Å². The quantitative estimate of drug-likeness (QED) is 0.629. The third-order valence-corrected chi connectivity index (χ3v) is 4.66. The van der Waals surface area contributed by atoms with Gasteiger partial charge in [0, 0.05) is 18.0 Å². The van der Waals surface area contributed by atoms with Crippen molar-refractivity contribution >= 4 is 17.6 Å². The summed E-state index contributed by atoms with van der Waals surface area (Å²) in [6.45, 7) is 5.07. The van der Waals surface area contributed by atoms with Crippen LogP contribution in [0, 0.1) is 5.92 Å². The van der Waals surface area contributed by atoms with Crippen molar-refractivity contribution in [1.29, 1.82) is 0 Å². The van der Waals surface area contributed by atoms with Crippen LogP contribution in [-0.4, -0.2) is 28.0 Å². The first kappa shape index (κ1) is 19.7. The molecule has 0 aliphatic carbocycles. The van der Waals surface area contributed by atoms with Crippen molar-refractivity contribution in [3.63, 3.8) is 0 Å². The number of benzene rings is 2. The Labute approximate surface area is 174 Å². The minimum Gasteiger partial charge on any atom is -0.489 e. The molecule has 2 heterocycles. The van der Waals surface area contributed by atoms with Crippen molar-refractivity contribution < 1.29 is 19.1 Å². The maximum Gasteiger partial charge on any atom is 0.358 e. The third kappa shape index (κ3) is 4.35. The van der Waals surface area contributed by atoms with E-state index in [0.717, 1.165) is 11.1 Å². The molecule has 30 heavy (non-hydrogen) atoms. The monoisotopic (exact) mass is 405 g/mol. The first-order valence-corrected chi connectivity index (χ1v) is 9.85. The minimum atomic E-state index is -0.526. The number of hydrogen-bond acceptors (Lipinski definition) is 5. The van der Waals surface area contributed by atoms with Crippen molar-refractivity contribution in [3.8, 4) is 5.75 Å². The first-order valence-electron chi connectivity index (χ1n) is 9.85. The Bertz CT molecular complexity index is 1070. The molecule has 7 nitrogen and oxygen atoms in total. The standard InChI is InChI=1S/C23H23N3O4/c1-15(2)13-30-23(28)20-12-26-11-17-8-9-18(29-14-16-6-4-3-5-7-16)10-19(17)25-22(27)21(26)24-20/h3-10,12,15H,11,13-14H2,1-2H3,(H,25,27). The maximum atomic E-state index is 12.7. The number of nitrogens with one attached hydrogen (secondary N) is 1. The summed E-state index contributed by atoms with van der Waals surface area (Å²) >= 11 is 0. The van der Waals surface area contributed by atoms with Crippen molar-refractivity contribution in [2.24, 2.45) is 5.92 Å². The average molecular weight is 405 g/mol. The molecule has 0 radical (unpaired) electrons. The van der Waals surface area contributed by atoms with E-state index in [1.165, 1.54) is 0 Å². The second-order valence-corrected chi connectivity index (χ2v) is 7.62. The molecule has 1 aliphatic rings. The summed E-state index contributed by atoms with van der Waals surface area (Å²) in [5, 5.41) is 2.87. The second kappa shape index (κ2) is 8.41. The van der Waals surface area contributed by atoms with E-state index in [9.17, 15) is 9.59 Å². The van der Waals surface area contributed by atoms with Crippen molar-refractivity contribution in [2.45, 2.75) is 27.0 Å². The average Bonchev–Trinajstić information content (AvgIpc) is 3.11. The summed E-state index contributed by atoms with van der Waals surface area (Å²) in [4.78, 5) is 29.1. The SMILES string of the molecule is CC(C)COC(=O)c1cn2c(n1)C(=O)Nc1cc(OCc3ccccc3)ccc1C2. The highest BCUT2D eigenvalue weighted by molar-refractivity contribution is 6.04. The number of carbonyl (C=O) groups excluding carboxylic acids is 2. The Hall–Kier alpha value is -3.61. The lowest BCUT2D eigenvalue weighted by atomic mass is 10.1. The normalized spacial score (nSPS) is 12.6. The van der Waals surface area contributed by atoms with Crippen LogP contribution >= 0.6 is 0 Å². The largest absolute Gasteiger partial charge is 0.489 e. The van der Waals surface area contributed by atoms with Crippen LogP contribution < -0.4 is 10.1 Å². The van der Waals surface area contributed by atoms with Gasteiger partial charge in [0.2, 0.25) is 0 Å². The zero-order valence-corrected chi connectivity index (χ0v) is 16.9. The second-order valence-electron chi connectivity index (χ2n) is 7.62. The highest BCUT2D eigenvalue weighted by Gasteiger charge is 2.25. The lowest BCUT2D eigenvalue weighted by molar-refractivity contribution is 0.0452. The Balaban J connectivity index is 1.50. The van der Waals surface area contributed by atoms with E-state index < -0.39 is 5.97 Å². The number of hydrogen-bond donors (Lipinski definition) is 1. The molecule has 0 spiro atoms. The molecule has 0 bridgehead atoms. The molecule has 0 saturated carbocycles. The summed E-state index contributed by atoms with van der Waals surface area (Å²) < 4.78 is 12.7. The van der Waals surface area contributed by atoms with E-state index in [2.05, 4.69) is 10.3 Å². The predicted octanol–water partition coefficient (Wildman–Crippen LogP) is 3.89.